The molecule has 0 aliphatic heterocycles. The van der Waals surface area contributed by atoms with Crippen molar-refractivity contribution in [2.75, 3.05) is 34.3 Å². The molecule has 0 amide bonds. The van der Waals surface area contributed by atoms with E-state index in [2.05, 4.69) is 4.74 Å². The van der Waals surface area contributed by atoms with Crippen molar-refractivity contribution in [1.29, 1.82) is 0 Å². The molecular weight excluding hydrogens is 232 g/mol. The molecule has 0 N–H and O–H groups in total. The summed E-state index contributed by atoms with van der Waals surface area (Å²) >= 11 is 0. The van der Waals surface area contributed by atoms with Gasteiger partial charge in [0, 0.05) is 20.6 Å². The van der Waals surface area contributed by atoms with Gasteiger partial charge in [0.1, 0.15) is 6.54 Å². The fourth-order valence-electron chi connectivity index (χ4n) is 1.06. The maximum Gasteiger partial charge on any atom is 0.321 e. The molecule has 0 saturated heterocycles. The van der Waals surface area contributed by atoms with Crippen LogP contribution in [0.4, 0.5) is 0 Å². The minimum absolute atomic E-state index is 0.269. The van der Waals surface area contributed by atoms with Crippen molar-refractivity contribution in [2.24, 2.45) is 0 Å². The Morgan fingerprint density at radius 3 is 2.25 bits per heavy atom. The fourth-order valence-corrected chi connectivity index (χ4v) is 2.17. The van der Waals surface area contributed by atoms with Crippen LogP contribution in [0.25, 0.3) is 0 Å². The Morgan fingerprint density at radius 2 is 1.81 bits per heavy atom. The molecule has 0 radical (unpaired) electrons. The molecule has 6 nitrogen and oxygen atoms in total. The van der Waals surface area contributed by atoms with Gasteiger partial charge in [-0.3, -0.25) is 4.79 Å². The number of carbonyl (C=O) groups excluding carboxylic acids is 1. The van der Waals surface area contributed by atoms with Gasteiger partial charge in [0.25, 0.3) is 10.2 Å². The van der Waals surface area contributed by atoms with E-state index in [-0.39, 0.29) is 6.54 Å². The third kappa shape index (κ3) is 4.46. The van der Waals surface area contributed by atoms with Gasteiger partial charge in [-0.05, 0) is 6.42 Å². The molecule has 0 heterocycles. The lowest BCUT2D eigenvalue weighted by atomic mass is 10.3. The van der Waals surface area contributed by atoms with E-state index < -0.39 is 16.2 Å². The highest BCUT2D eigenvalue weighted by atomic mass is 32.2. The van der Waals surface area contributed by atoms with Crippen molar-refractivity contribution >= 4 is 16.2 Å². The minimum Gasteiger partial charge on any atom is -0.468 e. The van der Waals surface area contributed by atoms with Crippen molar-refractivity contribution in [3.05, 3.63) is 0 Å². The average molecular weight is 252 g/mol. The summed E-state index contributed by atoms with van der Waals surface area (Å²) in [6.45, 7) is 2.16. The summed E-state index contributed by atoms with van der Waals surface area (Å²) in [5.41, 5.74) is 0. The standard InChI is InChI=1S/C9H20N2O4S/c1-5-6-7-10(2)16(13,14)11(3)8-9(12)15-4/h5-8H2,1-4H3. The molecule has 0 spiro atoms. The highest BCUT2D eigenvalue weighted by Gasteiger charge is 2.25. The van der Waals surface area contributed by atoms with Gasteiger partial charge in [-0.25, -0.2) is 0 Å². The van der Waals surface area contributed by atoms with Crippen molar-refractivity contribution in [3.8, 4) is 0 Å². The topological polar surface area (TPSA) is 66.9 Å². The predicted octanol–water partition coefficient (Wildman–Crippen LogP) is 0.0679. The third-order valence-corrected chi connectivity index (χ3v) is 4.08. The summed E-state index contributed by atoms with van der Waals surface area (Å²) < 4.78 is 30.3. The van der Waals surface area contributed by atoms with Crippen molar-refractivity contribution in [3.63, 3.8) is 0 Å². The number of hydrogen-bond donors (Lipinski definition) is 0. The molecule has 96 valence electrons. The van der Waals surface area contributed by atoms with E-state index in [1.165, 1.54) is 25.5 Å². The van der Waals surface area contributed by atoms with E-state index >= 15 is 0 Å². The largest absolute Gasteiger partial charge is 0.468 e. The fraction of sp³-hybridized carbons (Fsp3) is 0.889. The van der Waals surface area contributed by atoms with Crippen LogP contribution in [-0.4, -0.2) is 57.3 Å². The highest BCUT2D eigenvalue weighted by molar-refractivity contribution is 7.86. The number of rotatable bonds is 7. The number of methoxy groups -OCH3 is 1. The second-order valence-electron chi connectivity index (χ2n) is 3.52. The van der Waals surface area contributed by atoms with E-state index in [1.807, 2.05) is 6.92 Å². The summed E-state index contributed by atoms with van der Waals surface area (Å²) in [4.78, 5) is 11.0. The Labute approximate surface area is 97.3 Å². The van der Waals surface area contributed by atoms with Gasteiger partial charge in [0.05, 0.1) is 7.11 Å². The molecule has 0 saturated carbocycles. The smallest absolute Gasteiger partial charge is 0.321 e. The first-order chi connectivity index (χ1) is 7.36. The lowest BCUT2D eigenvalue weighted by molar-refractivity contribution is -0.140. The maximum absolute atomic E-state index is 11.8. The number of esters is 1. The van der Waals surface area contributed by atoms with Crippen molar-refractivity contribution in [2.45, 2.75) is 19.8 Å². The molecule has 0 atom stereocenters. The molecule has 0 aromatic rings. The SMILES string of the molecule is CCCCN(C)S(=O)(=O)N(C)CC(=O)OC. The molecule has 7 heteroatoms. The molecule has 0 aromatic heterocycles. The van der Waals surface area contributed by atoms with Gasteiger partial charge in [0.2, 0.25) is 0 Å². The van der Waals surface area contributed by atoms with Crippen LogP contribution in [-0.2, 0) is 19.7 Å². The number of unbranched alkanes of at least 4 members (excludes halogenated alkanes) is 1. The monoisotopic (exact) mass is 252 g/mol. The lowest BCUT2D eigenvalue weighted by Gasteiger charge is -2.23. The van der Waals surface area contributed by atoms with Crippen LogP contribution in [0, 0.1) is 0 Å². The highest BCUT2D eigenvalue weighted by Crippen LogP contribution is 2.05. The molecule has 0 aliphatic carbocycles. The summed E-state index contributed by atoms with van der Waals surface area (Å²) in [6.07, 6.45) is 1.71. The van der Waals surface area contributed by atoms with E-state index in [0.29, 0.717) is 6.54 Å². The molecule has 0 fully saturated rings. The number of carbonyl (C=O) groups is 1. The van der Waals surface area contributed by atoms with Gasteiger partial charge in [-0.1, -0.05) is 13.3 Å². The number of likely N-dealkylation sites (N-methyl/N-ethyl adjacent to an activating group) is 1. The Balaban J connectivity index is 4.46. The van der Waals surface area contributed by atoms with Crippen LogP contribution in [0.3, 0.4) is 0 Å². The van der Waals surface area contributed by atoms with E-state index in [9.17, 15) is 13.2 Å². The first-order valence-electron chi connectivity index (χ1n) is 5.10. The van der Waals surface area contributed by atoms with Gasteiger partial charge >= 0.3 is 5.97 Å². The zero-order chi connectivity index (χ0) is 12.8. The van der Waals surface area contributed by atoms with Crippen LogP contribution in [0.15, 0.2) is 0 Å². The van der Waals surface area contributed by atoms with E-state index in [0.717, 1.165) is 17.1 Å². The Hall–Kier alpha value is -0.660. The Morgan fingerprint density at radius 1 is 1.25 bits per heavy atom. The summed E-state index contributed by atoms with van der Waals surface area (Å²) in [7, 11) is 0.530. The van der Waals surface area contributed by atoms with Crippen molar-refractivity contribution < 1.29 is 17.9 Å². The van der Waals surface area contributed by atoms with Crippen LogP contribution in [0.2, 0.25) is 0 Å². The molecule has 0 bridgehead atoms. The van der Waals surface area contributed by atoms with Gasteiger partial charge < -0.3 is 4.74 Å². The second kappa shape index (κ2) is 6.82. The molecule has 0 unspecified atom stereocenters. The normalized spacial score (nSPS) is 12.1. The van der Waals surface area contributed by atoms with Gasteiger partial charge in [-0.2, -0.15) is 17.0 Å². The van der Waals surface area contributed by atoms with Crippen LogP contribution >= 0.6 is 0 Å². The number of hydrogen-bond acceptors (Lipinski definition) is 4. The first kappa shape index (κ1) is 15.3. The van der Waals surface area contributed by atoms with Crippen LogP contribution < -0.4 is 0 Å². The van der Waals surface area contributed by atoms with E-state index in [1.54, 1.807) is 0 Å². The van der Waals surface area contributed by atoms with Gasteiger partial charge in [0.15, 0.2) is 0 Å². The summed E-state index contributed by atoms with van der Waals surface area (Å²) in [5, 5.41) is 0. The Kier molecular flexibility index (Phi) is 6.54. The summed E-state index contributed by atoms with van der Waals surface area (Å²) in [6, 6.07) is 0. The van der Waals surface area contributed by atoms with Crippen LogP contribution in [0.5, 0.6) is 0 Å². The molecule has 0 aromatic carbocycles. The summed E-state index contributed by atoms with van der Waals surface area (Å²) in [5.74, 6) is -0.574. The second-order valence-corrected chi connectivity index (χ2v) is 5.66. The number of ether oxygens (including phenoxy) is 1. The zero-order valence-corrected chi connectivity index (χ0v) is 11.1. The zero-order valence-electron chi connectivity index (χ0n) is 10.3. The van der Waals surface area contributed by atoms with Crippen molar-refractivity contribution in [1.82, 2.24) is 8.61 Å². The van der Waals surface area contributed by atoms with E-state index in [4.69, 9.17) is 0 Å². The average Bonchev–Trinajstić information content (AvgIpc) is 2.25. The Bertz CT molecular complexity index is 315. The lowest BCUT2D eigenvalue weighted by Crippen LogP contribution is -2.42. The molecule has 16 heavy (non-hydrogen) atoms. The molecule has 0 aliphatic rings. The van der Waals surface area contributed by atoms with Crippen LogP contribution in [0.1, 0.15) is 19.8 Å². The van der Waals surface area contributed by atoms with Gasteiger partial charge in [-0.15, -0.1) is 0 Å². The molecular formula is C9H20N2O4S. The third-order valence-electron chi connectivity index (χ3n) is 2.19. The minimum atomic E-state index is -3.55. The first-order valence-corrected chi connectivity index (χ1v) is 6.50. The number of nitrogens with zero attached hydrogens (tertiary/aromatic N) is 2. The maximum atomic E-state index is 11.8. The predicted molar refractivity (Wildman–Crippen MR) is 61.1 cm³/mol. The quantitative estimate of drug-likeness (QED) is 0.601. The molecule has 0 rings (SSSR count).